The van der Waals surface area contributed by atoms with Crippen LogP contribution in [0.25, 0.3) is 0 Å². The smallest absolute Gasteiger partial charge is 0.231 e. The lowest BCUT2D eigenvalue weighted by Crippen LogP contribution is -2.42. The highest BCUT2D eigenvalue weighted by atomic mass is 35.5. The molecule has 0 aliphatic carbocycles. The van der Waals surface area contributed by atoms with Gasteiger partial charge in [-0.05, 0) is 54.6 Å². The molecule has 2 aromatic carbocycles. The predicted octanol–water partition coefficient (Wildman–Crippen LogP) is 4.12. The van der Waals surface area contributed by atoms with Gasteiger partial charge in [-0.25, -0.2) is 0 Å². The summed E-state index contributed by atoms with van der Waals surface area (Å²) in [5.74, 6) is 1.56. The van der Waals surface area contributed by atoms with Crippen molar-refractivity contribution >= 4 is 28.9 Å². The van der Waals surface area contributed by atoms with Crippen molar-refractivity contribution in [2.75, 3.05) is 26.4 Å². The zero-order valence-corrected chi connectivity index (χ0v) is 17.8. The molecule has 0 bridgehead atoms. The van der Waals surface area contributed by atoms with E-state index in [9.17, 15) is 0 Å². The van der Waals surface area contributed by atoms with E-state index >= 15 is 0 Å². The van der Waals surface area contributed by atoms with Gasteiger partial charge in [-0.3, -0.25) is 4.90 Å². The minimum Gasteiger partial charge on any atom is -0.454 e. The monoisotopic (exact) mass is 419 g/mol. The van der Waals surface area contributed by atoms with E-state index in [0.717, 1.165) is 40.7 Å². The van der Waals surface area contributed by atoms with Crippen molar-refractivity contribution in [1.29, 1.82) is 0 Å². The van der Waals surface area contributed by atoms with Crippen LogP contribution in [0.2, 0.25) is 5.02 Å². The molecule has 2 N–H and O–H groups in total. The van der Waals surface area contributed by atoms with Gasteiger partial charge in [-0.15, -0.1) is 0 Å². The summed E-state index contributed by atoms with van der Waals surface area (Å²) in [4.78, 5) is 2.37. The fourth-order valence-electron chi connectivity index (χ4n) is 3.33. The first-order valence-electron chi connectivity index (χ1n) is 9.51. The topological polar surface area (TPSA) is 45.8 Å². The number of likely N-dealkylation sites (N-methyl/N-ethyl adjacent to an activating group) is 1. The van der Waals surface area contributed by atoms with Gasteiger partial charge in [0.1, 0.15) is 0 Å². The Labute approximate surface area is 177 Å². The molecule has 28 heavy (non-hydrogen) atoms. The number of nitrogens with zero attached hydrogens (tertiary/aromatic N) is 1. The van der Waals surface area contributed by atoms with Gasteiger partial charge in [0.25, 0.3) is 0 Å². The van der Waals surface area contributed by atoms with Crippen LogP contribution < -0.4 is 20.1 Å². The quantitative estimate of drug-likeness (QED) is 0.628. The third-order valence-corrected chi connectivity index (χ3v) is 5.50. The van der Waals surface area contributed by atoms with Crippen molar-refractivity contribution in [2.24, 2.45) is 0 Å². The Hall–Kier alpha value is -2.02. The molecule has 0 aromatic heterocycles. The molecule has 0 amide bonds. The molecule has 0 fully saturated rings. The van der Waals surface area contributed by atoms with Crippen LogP contribution in [0, 0.1) is 0 Å². The Morgan fingerprint density at radius 3 is 2.61 bits per heavy atom. The largest absolute Gasteiger partial charge is 0.454 e. The summed E-state index contributed by atoms with van der Waals surface area (Å²) in [7, 11) is 0. The molecule has 0 radical (unpaired) electrons. The van der Waals surface area contributed by atoms with E-state index in [1.807, 2.05) is 36.4 Å². The van der Waals surface area contributed by atoms with Crippen LogP contribution in [0.5, 0.6) is 11.5 Å². The molecule has 0 saturated carbocycles. The maximum atomic E-state index is 6.45. The van der Waals surface area contributed by atoms with Gasteiger partial charge in [-0.2, -0.15) is 0 Å². The van der Waals surface area contributed by atoms with E-state index in [-0.39, 0.29) is 12.8 Å². The zero-order valence-electron chi connectivity index (χ0n) is 16.2. The third kappa shape index (κ3) is 5.07. The Morgan fingerprint density at radius 1 is 1.11 bits per heavy atom. The van der Waals surface area contributed by atoms with Crippen molar-refractivity contribution in [1.82, 2.24) is 15.5 Å². The first kappa shape index (κ1) is 20.7. The predicted molar refractivity (Wildman–Crippen MR) is 117 cm³/mol. The maximum Gasteiger partial charge on any atom is 0.231 e. The molecular weight excluding hydrogens is 394 g/mol. The minimum atomic E-state index is 0.147. The van der Waals surface area contributed by atoms with E-state index in [2.05, 4.69) is 35.4 Å². The van der Waals surface area contributed by atoms with E-state index in [1.54, 1.807) is 0 Å². The van der Waals surface area contributed by atoms with Crippen LogP contribution in [-0.2, 0) is 6.54 Å². The number of nitrogens with one attached hydrogen (secondary N) is 2. The van der Waals surface area contributed by atoms with Crippen LogP contribution in [0.15, 0.2) is 42.5 Å². The Kier molecular flexibility index (Phi) is 7.36. The fourth-order valence-corrected chi connectivity index (χ4v) is 3.75. The van der Waals surface area contributed by atoms with Gasteiger partial charge in [0.2, 0.25) is 6.79 Å². The number of benzene rings is 2. The van der Waals surface area contributed by atoms with E-state index in [4.69, 9.17) is 33.3 Å². The lowest BCUT2D eigenvalue weighted by molar-refractivity contribution is 0.174. The number of ether oxygens (including phenoxy) is 2. The summed E-state index contributed by atoms with van der Waals surface area (Å²) in [6.45, 7) is 7.76. The van der Waals surface area contributed by atoms with Crippen molar-refractivity contribution in [3.63, 3.8) is 0 Å². The molecular formula is C21H26ClN3O2S. The molecule has 7 heteroatoms. The highest BCUT2D eigenvalue weighted by Crippen LogP contribution is 2.32. The molecule has 0 saturated heterocycles. The second-order valence-electron chi connectivity index (χ2n) is 6.51. The summed E-state index contributed by atoms with van der Waals surface area (Å²) < 4.78 is 10.8. The molecule has 0 spiro atoms. The van der Waals surface area contributed by atoms with Gasteiger partial charge >= 0.3 is 0 Å². The lowest BCUT2D eigenvalue weighted by atomic mass is 10.0. The summed E-state index contributed by atoms with van der Waals surface area (Å²) in [5, 5.41) is 7.99. The van der Waals surface area contributed by atoms with Crippen molar-refractivity contribution in [2.45, 2.75) is 26.4 Å². The molecule has 1 aliphatic rings. The Balaban J connectivity index is 1.58. The van der Waals surface area contributed by atoms with Gasteiger partial charge < -0.3 is 20.1 Å². The Bertz CT molecular complexity index is 814. The lowest BCUT2D eigenvalue weighted by Gasteiger charge is -2.31. The first-order chi connectivity index (χ1) is 13.6. The second-order valence-corrected chi connectivity index (χ2v) is 7.33. The normalized spacial score (nSPS) is 13.4. The molecule has 150 valence electrons. The highest BCUT2D eigenvalue weighted by molar-refractivity contribution is 7.80. The molecule has 1 atom stereocenters. The summed E-state index contributed by atoms with van der Waals surface area (Å²) in [6.07, 6.45) is 0. The minimum absolute atomic E-state index is 0.147. The standard InChI is InChI=1S/C21H26ClN3O2S/c1-3-25(4-2)18(16-7-5-6-8-17(16)22)13-24-21(28)23-12-15-9-10-19-20(11-15)27-14-26-19/h5-11,18H,3-4,12-14H2,1-2H3,(H2,23,24,28)/t18-/m1/s1. The summed E-state index contributed by atoms with van der Waals surface area (Å²) in [5.41, 5.74) is 2.19. The summed E-state index contributed by atoms with van der Waals surface area (Å²) >= 11 is 11.9. The molecule has 0 unspecified atom stereocenters. The van der Waals surface area contributed by atoms with Gasteiger partial charge in [0, 0.05) is 18.1 Å². The fraction of sp³-hybridized carbons (Fsp3) is 0.381. The Morgan fingerprint density at radius 2 is 1.86 bits per heavy atom. The van der Waals surface area contributed by atoms with Crippen molar-refractivity contribution < 1.29 is 9.47 Å². The number of fused-ring (bicyclic) bond motifs is 1. The number of thiocarbonyl (C=S) groups is 1. The average molecular weight is 420 g/mol. The van der Waals surface area contributed by atoms with Crippen LogP contribution in [0.1, 0.15) is 31.0 Å². The molecule has 3 rings (SSSR count). The second kappa shape index (κ2) is 9.96. The molecule has 1 aliphatic heterocycles. The van der Waals surface area contributed by atoms with E-state index in [1.165, 1.54) is 0 Å². The van der Waals surface area contributed by atoms with Gasteiger partial charge in [0.15, 0.2) is 16.6 Å². The summed E-state index contributed by atoms with van der Waals surface area (Å²) in [6, 6.07) is 14.0. The zero-order chi connectivity index (χ0) is 19.9. The van der Waals surface area contributed by atoms with E-state index < -0.39 is 0 Å². The van der Waals surface area contributed by atoms with Gasteiger partial charge in [0.05, 0.1) is 6.04 Å². The highest BCUT2D eigenvalue weighted by Gasteiger charge is 2.20. The maximum absolute atomic E-state index is 6.45. The number of halogens is 1. The molecule has 5 nitrogen and oxygen atoms in total. The first-order valence-corrected chi connectivity index (χ1v) is 10.3. The van der Waals surface area contributed by atoms with Crippen LogP contribution >= 0.6 is 23.8 Å². The average Bonchev–Trinajstić information content (AvgIpc) is 3.18. The van der Waals surface area contributed by atoms with Crippen LogP contribution in [0.3, 0.4) is 0 Å². The van der Waals surface area contributed by atoms with Gasteiger partial charge in [-0.1, -0.05) is 49.7 Å². The van der Waals surface area contributed by atoms with Crippen molar-refractivity contribution in [3.05, 3.63) is 58.6 Å². The molecule has 1 heterocycles. The van der Waals surface area contributed by atoms with Crippen molar-refractivity contribution in [3.8, 4) is 11.5 Å². The van der Waals surface area contributed by atoms with E-state index in [0.29, 0.717) is 18.2 Å². The molecule has 2 aromatic rings. The number of hydrogen-bond acceptors (Lipinski definition) is 4. The third-order valence-electron chi connectivity index (χ3n) is 4.86. The van der Waals surface area contributed by atoms with Crippen LogP contribution in [-0.4, -0.2) is 36.4 Å². The van der Waals surface area contributed by atoms with Crippen LogP contribution in [0.4, 0.5) is 0 Å². The number of hydrogen-bond donors (Lipinski definition) is 2. The SMILES string of the molecule is CCN(CC)[C@H](CNC(=S)NCc1ccc2c(c1)OCO2)c1ccccc1Cl. The number of rotatable bonds is 8.